The summed E-state index contributed by atoms with van der Waals surface area (Å²) in [7, 11) is 0. The van der Waals surface area contributed by atoms with Crippen LogP contribution in [0.2, 0.25) is 5.02 Å². The summed E-state index contributed by atoms with van der Waals surface area (Å²) >= 11 is 6.31. The number of amides is 2. The van der Waals surface area contributed by atoms with Crippen LogP contribution >= 0.6 is 11.6 Å². The van der Waals surface area contributed by atoms with Crippen LogP contribution in [-0.4, -0.2) is 31.3 Å². The van der Waals surface area contributed by atoms with E-state index in [-0.39, 0.29) is 19.0 Å². The Bertz CT molecular complexity index is 1060. The fourth-order valence-corrected chi connectivity index (χ4v) is 3.37. The molecule has 2 N–H and O–H groups in total. The predicted octanol–water partition coefficient (Wildman–Crippen LogP) is 3.04. The lowest BCUT2D eigenvalue weighted by Crippen LogP contribution is -2.51. The van der Waals surface area contributed by atoms with E-state index in [1.165, 1.54) is 12.1 Å². The van der Waals surface area contributed by atoms with Gasteiger partial charge in [0.1, 0.15) is 17.9 Å². The van der Waals surface area contributed by atoms with Crippen LogP contribution < -0.4 is 21.0 Å². The number of aryl methyl sites for hydroxylation is 1. The first kappa shape index (κ1) is 20.7. The number of esters is 1. The van der Waals surface area contributed by atoms with Crippen molar-refractivity contribution in [3.05, 3.63) is 50.5 Å². The standard InChI is InChI=1S/C20H21ClN2O6/c1-4-13-18(19(25)27-5-2)14(23-20(26)22-13)9-28-16-8-15-11(7-12(16)21)10(3)6-17(24)29-15/h6-8,13H,4-5,9H2,1-3H3,(H2,22,23,26). The van der Waals surface area contributed by atoms with E-state index in [0.29, 0.717) is 33.7 Å². The van der Waals surface area contributed by atoms with Crippen molar-refractivity contribution < 1.29 is 23.5 Å². The van der Waals surface area contributed by atoms with Gasteiger partial charge < -0.3 is 24.5 Å². The lowest BCUT2D eigenvalue weighted by atomic mass is 10.0. The molecule has 1 atom stereocenters. The number of carbonyl (C=O) groups excluding carboxylic acids is 2. The van der Waals surface area contributed by atoms with E-state index in [1.54, 1.807) is 19.9 Å². The number of nitrogens with one attached hydrogen (secondary N) is 2. The number of hydrogen-bond acceptors (Lipinski definition) is 6. The van der Waals surface area contributed by atoms with Crippen molar-refractivity contribution >= 4 is 34.6 Å². The van der Waals surface area contributed by atoms with Crippen LogP contribution in [0.3, 0.4) is 0 Å². The second kappa shape index (κ2) is 8.57. The van der Waals surface area contributed by atoms with Gasteiger partial charge in [-0.05, 0) is 31.9 Å². The molecule has 29 heavy (non-hydrogen) atoms. The molecule has 1 aliphatic rings. The van der Waals surface area contributed by atoms with Crippen LogP contribution in [-0.2, 0) is 9.53 Å². The maximum absolute atomic E-state index is 12.4. The van der Waals surface area contributed by atoms with Gasteiger partial charge in [-0.25, -0.2) is 14.4 Å². The number of fused-ring (bicyclic) bond motifs is 1. The van der Waals surface area contributed by atoms with Gasteiger partial charge >= 0.3 is 17.6 Å². The lowest BCUT2D eigenvalue weighted by molar-refractivity contribution is -0.139. The summed E-state index contributed by atoms with van der Waals surface area (Å²) in [5.41, 5.74) is 1.17. The predicted molar refractivity (Wildman–Crippen MR) is 107 cm³/mol. The van der Waals surface area contributed by atoms with Crippen LogP contribution in [0, 0.1) is 6.92 Å². The van der Waals surface area contributed by atoms with Crippen LogP contribution in [0.25, 0.3) is 11.0 Å². The third-order valence-electron chi connectivity index (χ3n) is 4.52. The molecule has 2 aromatic rings. The van der Waals surface area contributed by atoms with Gasteiger partial charge in [-0.3, -0.25) is 0 Å². The summed E-state index contributed by atoms with van der Waals surface area (Å²) in [4.78, 5) is 36.0. The molecule has 0 saturated heterocycles. The Kier molecular flexibility index (Phi) is 6.12. The molecule has 0 radical (unpaired) electrons. The third kappa shape index (κ3) is 4.37. The minimum absolute atomic E-state index is 0.126. The average Bonchev–Trinajstić information content (AvgIpc) is 2.66. The summed E-state index contributed by atoms with van der Waals surface area (Å²) in [6.45, 7) is 5.41. The monoisotopic (exact) mass is 420 g/mol. The van der Waals surface area contributed by atoms with Gasteiger partial charge in [0.15, 0.2) is 0 Å². The Balaban J connectivity index is 1.95. The van der Waals surface area contributed by atoms with Crippen molar-refractivity contribution in [1.29, 1.82) is 0 Å². The van der Waals surface area contributed by atoms with Crippen molar-refractivity contribution in [3.8, 4) is 5.75 Å². The fraction of sp³-hybridized carbons (Fsp3) is 0.350. The first-order valence-electron chi connectivity index (χ1n) is 9.18. The first-order valence-corrected chi connectivity index (χ1v) is 9.56. The molecule has 3 rings (SSSR count). The fourth-order valence-electron chi connectivity index (χ4n) is 3.16. The summed E-state index contributed by atoms with van der Waals surface area (Å²) in [6, 6.07) is 3.60. The molecule has 9 heteroatoms. The molecule has 1 aromatic heterocycles. The largest absolute Gasteiger partial charge is 0.486 e. The van der Waals surface area contributed by atoms with E-state index in [9.17, 15) is 14.4 Å². The minimum atomic E-state index is -0.531. The van der Waals surface area contributed by atoms with Gasteiger partial charge in [-0.2, -0.15) is 0 Å². The number of carbonyl (C=O) groups is 2. The molecule has 0 fully saturated rings. The number of rotatable bonds is 6. The molecular formula is C20H21ClN2O6. The van der Waals surface area contributed by atoms with Gasteiger partial charge in [-0.15, -0.1) is 0 Å². The smallest absolute Gasteiger partial charge is 0.338 e. The normalized spacial score (nSPS) is 16.4. The topological polar surface area (TPSA) is 107 Å². The highest BCUT2D eigenvalue weighted by atomic mass is 35.5. The van der Waals surface area contributed by atoms with Crippen LogP contribution in [0.5, 0.6) is 5.75 Å². The second-order valence-corrected chi connectivity index (χ2v) is 6.90. The van der Waals surface area contributed by atoms with Crippen molar-refractivity contribution in [2.75, 3.05) is 13.2 Å². The van der Waals surface area contributed by atoms with Gasteiger partial charge in [0.05, 0.1) is 28.9 Å². The summed E-state index contributed by atoms with van der Waals surface area (Å²) in [5, 5.41) is 6.29. The molecule has 0 spiro atoms. The molecule has 154 valence electrons. The SMILES string of the molecule is CCOC(=O)C1=C(COc2cc3oc(=O)cc(C)c3cc2Cl)NC(=O)NC1CC. The molecule has 1 aliphatic heterocycles. The number of ether oxygens (including phenoxy) is 2. The highest BCUT2D eigenvalue weighted by Gasteiger charge is 2.31. The Morgan fingerprint density at radius 1 is 1.24 bits per heavy atom. The first-order chi connectivity index (χ1) is 13.8. The molecule has 1 unspecified atom stereocenters. The van der Waals surface area contributed by atoms with E-state index >= 15 is 0 Å². The number of hydrogen-bond donors (Lipinski definition) is 2. The highest BCUT2D eigenvalue weighted by Crippen LogP contribution is 2.31. The zero-order valence-electron chi connectivity index (χ0n) is 16.3. The molecular weight excluding hydrogens is 400 g/mol. The van der Waals surface area contributed by atoms with Crippen LogP contribution in [0.1, 0.15) is 25.8 Å². The van der Waals surface area contributed by atoms with E-state index in [2.05, 4.69) is 10.6 Å². The molecule has 2 amide bonds. The van der Waals surface area contributed by atoms with E-state index in [4.69, 9.17) is 25.5 Å². The number of urea groups is 1. The Labute approximate surface area is 171 Å². The minimum Gasteiger partial charge on any atom is -0.486 e. The number of halogens is 1. The van der Waals surface area contributed by atoms with E-state index in [1.807, 2.05) is 6.92 Å². The second-order valence-electron chi connectivity index (χ2n) is 6.49. The van der Waals surface area contributed by atoms with Gasteiger partial charge in [0.2, 0.25) is 0 Å². The van der Waals surface area contributed by atoms with Crippen molar-refractivity contribution in [2.24, 2.45) is 0 Å². The van der Waals surface area contributed by atoms with Crippen molar-refractivity contribution in [2.45, 2.75) is 33.2 Å². The zero-order valence-corrected chi connectivity index (χ0v) is 17.0. The lowest BCUT2D eigenvalue weighted by Gasteiger charge is -2.28. The van der Waals surface area contributed by atoms with Gasteiger partial charge in [-0.1, -0.05) is 18.5 Å². The Morgan fingerprint density at radius 2 is 2.00 bits per heavy atom. The molecule has 1 aromatic carbocycles. The Hall–Kier alpha value is -3.00. The maximum atomic E-state index is 12.4. The summed E-state index contributed by atoms with van der Waals surface area (Å²) in [5.74, 6) is -0.277. The van der Waals surface area contributed by atoms with Crippen molar-refractivity contribution in [3.63, 3.8) is 0 Å². The number of benzene rings is 1. The summed E-state index contributed by atoms with van der Waals surface area (Å²) in [6.07, 6.45) is 0.506. The Morgan fingerprint density at radius 3 is 2.69 bits per heavy atom. The van der Waals surface area contributed by atoms with Crippen LogP contribution in [0.4, 0.5) is 4.79 Å². The zero-order chi connectivity index (χ0) is 21.1. The van der Waals surface area contributed by atoms with Gasteiger partial charge in [0.25, 0.3) is 0 Å². The average molecular weight is 421 g/mol. The van der Waals surface area contributed by atoms with Crippen molar-refractivity contribution in [1.82, 2.24) is 10.6 Å². The quantitative estimate of drug-likeness (QED) is 0.549. The van der Waals surface area contributed by atoms with Crippen LogP contribution in [0.15, 0.2) is 38.7 Å². The summed E-state index contributed by atoms with van der Waals surface area (Å²) < 4.78 is 16.1. The molecule has 8 nitrogen and oxygen atoms in total. The maximum Gasteiger partial charge on any atom is 0.338 e. The molecule has 2 heterocycles. The molecule has 0 bridgehead atoms. The molecule has 0 aliphatic carbocycles. The van der Waals surface area contributed by atoms with E-state index in [0.717, 1.165) is 5.56 Å². The van der Waals surface area contributed by atoms with E-state index < -0.39 is 23.7 Å². The molecule has 0 saturated carbocycles. The van der Waals surface area contributed by atoms with Gasteiger partial charge in [0, 0.05) is 17.5 Å². The highest BCUT2D eigenvalue weighted by molar-refractivity contribution is 6.32. The third-order valence-corrected chi connectivity index (χ3v) is 4.82.